The van der Waals surface area contributed by atoms with Crippen molar-refractivity contribution in [3.05, 3.63) is 64.8 Å². The summed E-state index contributed by atoms with van der Waals surface area (Å²) >= 11 is 0.886. The summed E-state index contributed by atoms with van der Waals surface area (Å²) in [6, 6.07) is 11.2. The van der Waals surface area contributed by atoms with Gasteiger partial charge in [-0.25, -0.2) is 0 Å². The topological polar surface area (TPSA) is 88.6 Å². The minimum atomic E-state index is -0.360. The third-order valence-corrected chi connectivity index (χ3v) is 5.01. The zero-order valence-corrected chi connectivity index (χ0v) is 16.8. The highest BCUT2D eigenvalue weighted by molar-refractivity contribution is 8.18. The minimum Gasteiger partial charge on any atom is -0.493 e. The fraction of sp³-hybridized carbons (Fsp3) is 0.238. The van der Waals surface area contributed by atoms with Crippen LogP contribution in [-0.4, -0.2) is 46.6 Å². The molecule has 1 aromatic carbocycles. The van der Waals surface area contributed by atoms with Crippen molar-refractivity contribution in [2.75, 3.05) is 19.7 Å². The molecule has 1 aliphatic heterocycles. The maximum atomic E-state index is 12.4. The van der Waals surface area contributed by atoms with Gasteiger partial charge in [-0.2, -0.15) is 0 Å². The maximum absolute atomic E-state index is 12.4. The van der Waals surface area contributed by atoms with Gasteiger partial charge in [0.2, 0.25) is 5.91 Å². The van der Waals surface area contributed by atoms with Crippen molar-refractivity contribution in [2.24, 2.45) is 0 Å². The largest absolute Gasteiger partial charge is 0.493 e. The van der Waals surface area contributed by atoms with E-state index in [-0.39, 0.29) is 43.2 Å². The molecule has 150 valence electrons. The van der Waals surface area contributed by atoms with Gasteiger partial charge in [-0.3, -0.25) is 24.3 Å². The van der Waals surface area contributed by atoms with Gasteiger partial charge in [0.1, 0.15) is 5.75 Å². The number of benzene rings is 1. The van der Waals surface area contributed by atoms with Crippen molar-refractivity contribution < 1.29 is 19.1 Å². The summed E-state index contributed by atoms with van der Waals surface area (Å²) in [5.41, 5.74) is 1.83. The van der Waals surface area contributed by atoms with Crippen LogP contribution in [0.25, 0.3) is 6.08 Å². The molecule has 29 heavy (non-hydrogen) atoms. The van der Waals surface area contributed by atoms with Crippen molar-refractivity contribution in [3.8, 4) is 5.75 Å². The molecule has 1 aliphatic rings. The maximum Gasteiger partial charge on any atom is 0.293 e. The second-order valence-electron chi connectivity index (χ2n) is 6.38. The number of nitrogens with zero attached hydrogens (tertiary/aromatic N) is 2. The molecule has 0 bridgehead atoms. The van der Waals surface area contributed by atoms with E-state index in [2.05, 4.69) is 10.3 Å². The van der Waals surface area contributed by atoms with Gasteiger partial charge < -0.3 is 10.1 Å². The third-order valence-electron chi connectivity index (χ3n) is 4.10. The number of ether oxygens (including phenoxy) is 1. The monoisotopic (exact) mass is 411 g/mol. The molecule has 7 nitrogen and oxygen atoms in total. The lowest BCUT2D eigenvalue weighted by Gasteiger charge is -2.13. The Morgan fingerprint density at radius 1 is 1.28 bits per heavy atom. The molecule has 0 aliphatic carbocycles. The van der Waals surface area contributed by atoms with Crippen LogP contribution in [0.15, 0.2) is 53.7 Å². The number of pyridine rings is 1. The fourth-order valence-corrected chi connectivity index (χ4v) is 3.53. The summed E-state index contributed by atoms with van der Waals surface area (Å²) in [7, 11) is 0. The molecule has 2 heterocycles. The van der Waals surface area contributed by atoms with Gasteiger partial charge in [-0.05, 0) is 54.1 Å². The first-order valence-electron chi connectivity index (χ1n) is 9.14. The van der Waals surface area contributed by atoms with Gasteiger partial charge in [-0.15, -0.1) is 0 Å². The number of imide groups is 1. The van der Waals surface area contributed by atoms with Gasteiger partial charge >= 0.3 is 0 Å². The molecule has 0 radical (unpaired) electrons. The molecule has 0 unspecified atom stereocenters. The van der Waals surface area contributed by atoms with E-state index < -0.39 is 0 Å². The molecule has 3 rings (SSSR count). The van der Waals surface area contributed by atoms with Gasteiger partial charge in [0.05, 0.1) is 17.9 Å². The van der Waals surface area contributed by atoms with E-state index in [1.54, 1.807) is 30.6 Å². The summed E-state index contributed by atoms with van der Waals surface area (Å²) in [4.78, 5) is 41.9. The molecule has 2 aromatic rings. The molecule has 3 amide bonds. The van der Waals surface area contributed by atoms with E-state index in [1.165, 1.54) is 0 Å². The number of aryl methyl sites for hydroxylation is 1. The minimum absolute atomic E-state index is 0.125. The highest BCUT2D eigenvalue weighted by Gasteiger charge is 2.34. The summed E-state index contributed by atoms with van der Waals surface area (Å²) in [5.74, 6) is 0.160. The number of carbonyl (C=O) groups excluding carboxylic acids is 3. The SMILES string of the molecule is Cc1cccc(OCCC(=O)NCCN2C(=O)S/C(=C\c3cccnc3)C2=O)c1. The van der Waals surface area contributed by atoms with Gasteiger partial charge in [-0.1, -0.05) is 18.2 Å². The number of rotatable bonds is 8. The van der Waals surface area contributed by atoms with Gasteiger partial charge in [0, 0.05) is 25.5 Å². The Morgan fingerprint density at radius 3 is 2.90 bits per heavy atom. The predicted molar refractivity (Wildman–Crippen MR) is 111 cm³/mol. The van der Waals surface area contributed by atoms with Crippen molar-refractivity contribution in [1.29, 1.82) is 0 Å². The van der Waals surface area contributed by atoms with Crippen molar-refractivity contribution >= 4 is 34.9 Å². The summed E-state index contributed by atoms with van der Waals surface area (Å²) in [6.45, 7) is 2.54. The number of amides is 3. The first kappa shape index (κ1) is 20.6. The van der Waals surface area contributed by atoms with E-state index in [1.807, 2.05) is 31.2 Å². The second kappa shape index (κ2) is 9.88. The van der Waals surface area contributed by atoms with Crippen LogP contribution in [0.1, 0.15) is 17.5 Å². The van der Waals surface area contributed by atoms with E-state index in [9.17, 15) is 14.4 Å². The van der Waals surface area contributed by atoms with E-state index in [4.69, 9.17) is 4.74 Å². The lowest BCUT2D eigenvalue weighted by atomic mass is 10.2. The quantitative estimate of drug-likeness (QED) is 0.672. The lowest BCUT2D eigenvalue weighted by molar-refractivity contribution is -0.124. The number of hydrogen-bond acceptors (Lipinski definition) is 6. The predicted octanol–water partition coefficient (Wildman–Crippen LogP) is 3.01. The first-order chi connectivity index (χ1) is 14.0. The van der Waals surface area contributed by atoms with Gasteiger partial charge in [0.15, 0.2) is 0 Å². The molecule has 0 saturated carbocycles. The summed E-state index contributed by atoms with van der Waals surface area (Å²) in [5, 5.41) is 2.36. The van der Waals surface area contributed by atoms with Crippen LogP contribution in [0, 0.1) is 6.92 Å². The van der Waals surface area contributed by atoms with Crippen LogP contribution in [-0.2, 0) is 9.59 Å². The number of aromatic nitrogens is 1. The Balaban J connectivity index is 1.41. The highest BCUT2D eigenvalue weighted by Crippen LogP contribution is 2.31. The molecular formula is C21H21N3O4S. The van der Waals surface area contributed by atoms with E-state index >= 15 is 0 Å². The zero-order chi connectivity index (χ0) is 20.6. The van der Waals surface area contributed by atoms with Crippen LogP contribution < -0.4 is 10.1 Å². The Hall–Kier alpha value is -3.13. The first-order valence-corrected chi connectivity index (χ1v) is 9.96. The Labute approximate surface area is 173 Å². The number of thioether (sulfide) groups is 1. The second-order valence-corrected chi connectivity index (χ2v) is 7.38. The van der Waals surface area contributed by atoms with Crippen molar-refractivity contribution in [1.82, 2.24) is 15.2 Å². The molecule has 1 N–H and O–H groups in total. The number of hydrogen-bond donors (Lipinski definition) is 1. The van der Waals surface area contributed by atoms with Crippen LogP contribution in [0.3, 0.4) is 0 Å². The molecule has 8 heteroatoms. The van der Waals surface area contributed by atoms with Crippen molar-refractivity contribution in [2.45, 2.75) is 13.3 Å². The Morgan fingerprint density at radius 2 is 2.14 bits per heavy atom. The Kier molecular flexibility index (Phi) is 7.02. The molecule has 1 fully saturated rings. The average Bonchev–Trinajstić information content (AvgIpc) is 2.96. The molecule has 0 atom stereocenters. The molecule has 1 aromatic heterocycles. The molecule has 0 spiro atoms. The Bertz CT molecular complexity index is 931. The fourth-order valence-electron chi connectivity index (χ4n) is 2.67. The number of nitrogens with one attached hydrogen (secondary N) is 1. The van der Waals surface area contributed by atoms with Gasteiger partial charge in [0.25, 0.3) is 11.1 Å². The lowest BCUT2D eigenvalue weighted by Crippen LogP contribution is -2.37. The van der Waals surface area contributed by atoms with Crippen LogP contribution in [0.2, 0.25) is 0 Å². The third kappa shape index (κ3) is 5.92. The smallest absolute Gasteiger partial charge is 0.293 e. The zero-order valence-electron chi connectivity index (χ0n) is 16.0. The van der Waals surface area contributed by atoms with E-state index in [0.717, 1.165) is 33.5 Å². The average molecular weight is 411 g/mol. The van der Waals surface area contributed by atoms with Crippen LogP contribution in [0.4, 0.5) is 4.79 Å². The normalized spacial score (nSPS) is 15.1. The highest BCUT2D eigenvalue weighted by atomic mass is 32.2. The molecular weight excluding hydrogens is 390 g/mol. The molecule has 1 saturated heterocycles. The summed E-state index contributed by atoms with van der Waals surface area (Å²) in [6.07, 6.45) is 5.08. The number of carbonyl (C=O) groups is 3. The van der Waals surface area contributed by atoms with Crippen LogP contribution in [0.5, 0.6) is 5.75 Å². The van der Waals surface area contributed by atoms with Crippen molar-refractivity contribution in [3.63, 3.8) is 0 Å². The summed E-state index contributed by atoms with van der Waals surface area (Å²) < 4.78 is 5.55. The van der Waals surface area contributed by atoms with Crippen LogP contribution >= 0.6 is 11.8 Å². The van der Waals surface area contributed by atoms with E-state index in [0.29, 0.717) is 4.91 Å². The standard InChI is InChI=1S/C21H21N3O4S/c1-15-4-2-6-17(12-15)28-11-7-19(25)23-9-10-24-20(26)18(29-21(24)27)13-16-5-3-8-22-14-16/h2-6,8,12-14H,7,9-11H2,1H3,(H,23,25)/b18-13-.